The van der Waals surface area contributed by atoms with Gasteiger partial charge in [-0.25, -0.2) is 0 Å². The lowest BCUT2D eigenvalue weighted by molar-refractivity contribution is -0.122. The summed E-state index contributed by atoms with van der Waals surface area (Å²) in [6, 6.07) is -0.200. The fraction of sp³-hybridized carbons (Fsp3) is 0.750. The van der Waals surface area contributed by atoms with Crippen LogP contribution in [-0.2, 0) is 4.79 Å². The summed E-state index contributed by atoms with van der Waals surface area (Å²) in [7, 11) is 0. The topological polar surface area (TPSA) is 75.4 Å². The van der Waals surface area contributed by atoms with Crippen LogP contribution in [0.5, 0.6) is 0 Å². The number of aliphatic hydroxyl groups is 1. The van der Waals surface area contributed by atoms with Crippen molar-refractivity contribution in [3.05, 3.63) is 17.0 Å². The zero-order valence-corrected chi connectivity index (χ0v) is 14.0. The van der Waals surface area contributed by atoms with Crippen LogP contribution in [0, 0.1) is 19.3 Å². The molecule has 0 bridgehead atoms. The summed E-state index contributed by atoms with van der Waals surface area (Å²) in [6.07, 6.45) is 1.11. The Balaban J connectivity index is 2.60. The lowest BCUT2D eigenvalue weighted by Crippen LogP contribution is -2.40. The number of carbonyl (C=O) groups is 1. The SMILES string of the molecule is Cc1noc(C)c1C(C)CC(=O)NC(CO)CC(C)(C)C. The van der Waals surface area contributed by atoms with Gasteiger partial charge in [-0.05, 0) is 31.6 Å². The fourth-order valence-electron chi connectivity index (χ4n) is 2.76. The standard InChI is InChI=1S/C16H28N2O3/c1-10(15-11(2)18-21-12(15)3)7-14(20)17-13(9-19)8-16(4,5)6/h10,13,19H,7-9H2,1-6H3,(H,17,20). The van der Waals surface area contributed by atoms with Crippen LogP contribution in [0.2, 0.25) is 0 Å². The van der Waals surface area contributed by atoms with Crippen molar-refractivity contribution in [2.24, 2.45) is 5.41 Å². The van der Waals surface area contributed by atoms with Crippen molar-refractivity contribution < 1.29 is 14.4 Å². The monoisotopic (exact) mass is 296 g/mol. The molecule has 21 heavy (non-hydrogen) atoms. The minimum Gasteiger partial charge on any atom is -0.394 e. The number of nitrogens with one attached hydrogen (secondary N) is 1. The number of rotatable bonds is 6. The van der Waals surface area contributed by atoms with Crippen molar-refractivity contribution >= 4 is 5.91 Å². The van der Waals surface area contributed by atoms with Gasteiger partial charge >= 0.3 is 0 Å². The molecule has 1 heterocycles. The van der Waals surface area contributed by atoms with Gasteiger partial charge in [-0.3, -0.25) is 4.79 Å². The van der Waals surface area contributed by atoms with E-state index in [2.05, 4.69) is 31.2 Å². The van der Waals surface area contributed by atoms with Gasteiger partial charge < -0.3 is 14.9 Å². The zero-order chi connectivity index (χ0) is 16.2. The summed E-state index contributed by atoms with van der Waals surface area (Å²) in [4.78, 5) is 12.2. The molecule has 1 aromatic rings. The Morgan fingerprint density at radius 2 is 2.00 bits per heavy atom. The van der Waals surface area contributed by atoms with Gasteiger partial charge in [0.2, 0.25) is 5.91 Å². The first-order valence-electron chi connectivity index (χ1n) is 7.47. The highest BCUT2D eigenvalue weighted by molar-refractivity contribution is 5.77. The lowest BCUT2D eigenvalue weighted by atomic mass is 9.88. The summed E-state index contributed by atoms with van der Waals surface area (Å²) in [6.45, 7) is 12.0. The van der Waals surface area contributed by atoms with Crippen LogP contribution in [0.3, 0.4) is 0 Å². The molecule has 0 aliphatic heterocycles. The Kier molecular flexibility index (Phi) is 5.96. The van der Waals surface area contributed by atoms with Crippen LogP contribution >= 0.6 is 0 Å². The molecule has 0 aliphatic rings. The summed E-state index contributed by atoms with van der Waals surface area (Å²) < 4.78 is 5.14. The van der Waals surface area contributed by atoms with E-state index >= 15 is 0 Å². The van der Waals surface area contributed by atoms with Gasteiger partial charge in [-0.1, -0.05) is 32.9 Å². The van der Waals surface area contributed by atoms with Crippen molar-refractivity contribution in [3.8, 4) is 0 Å². The molecule has 5 nitrogen and oxygen atoms in total. The molecule has 5 heteroatoms. The number of amides is 1. The van der Waals surface area contributed by atoms with Crippen LogP contribution in [0.4, 0.5) is 0 Å². The van der Waals surface area contributed by atoms with E-state index in [1.54, 1.807) is 0 Å². The molecule has 2 N–H and O–H groups in total. The van der Waals surface area contributed by atoms with Gasteiger partial charge in [-0.15, -0.1) is 0 Å². The van der Waals surface area contributed by atoms with Crippen molar-refractivity contribution in [1.29, 1.82) is 0 Å². The second-order valence-corrected chi connectivity index (χ2v) is 7.05. The second-order valence-electron chi connectivity index (χ2n) is 7.05. The maximum absolute atomic E-state index is 12.2. The Morgan fingerprint density at radius 1 is 1.38 bits per heavy atom. The predicted octanol–water partition coefficient (Wildman–Crippen LogP) is 2.70. The molecular formula is C16H28N2O3. The van der Waals surface area contributed by atoms with Gasteiger partial charge in [0.05, 0.1) is 18.3 Å². The molecule has 1 rings (SSSR count). The highest BCUT2D eigenvalue weighted by atomic mass is 16.5. The first-order valence-corrected chi connectivity index (χ1v) is 7.47. The van der Waals surface area contributed by atoms with E-state index in [4.69, 9.17) is 4.52 Å². The van der Waals surface area contributed by atoms with E-state index in [0.29, 0.717) is 6.42 Å². The van der Waals surface area contributed by atoms with Crippen LogP contribution in [-0.4, -0.2) is 28.8 Å². The third-order valence-electron chi connectivity index (χ3n) is 3.52. The third-order valence-corrected chi connectivity index (χ3v) is 3.52. The average molecular weight is 296 g/mol. The van der Waals surface area contributed by atoms with E-state index in [-0.39, 0.29) is 29.9 Å². The Hall–Kier alpha value is -1.36. The van der Waals surface area contributed by atoms with E-state index in [1.807, 2.05) is 20.8 Å². The number of hydrogen-bond donors (Lipinski definition) is 2. The Morgan fingerprint density at radius 3 is 2.43 bits per heavy atom. The highest BCUT2D eigenvalue weighted by Crippen LogP contribution is 2.26. The molecule has 1 amide bonds. The Labute approximate surface area is 127 Å². The second kappa shape index (κ2) is 7.07. The van der Waals surface area contributed by atoms with Crippen LogP contribution < -0.4 is 5.32 Å². The van der Waals surface area contributed by atoms with Gasteiger partial charge in [0.15, 0.2) is 0 Å². The minimum atomic E-state index is -0.200. The first-order chi connectivity index (χ1) is 9.64. The maximum Gasteiger partial charge on any atom is 0.220 e. The van der Waals surface area contributed by atoms with E-state index in [9.17, 15) is 9.90 Å². The molecule has 0 radical (unpaired) electrons. The van der Waals surface area contributed by atoms with Crippen molar-refractivity contribution in [2.75, 3.05) is 6.61 Å². The number of aryl methyl sites for hydroxylation is 2. The van der Waals surface area contributed by atoms with Crippen LogP contribution in [0.1, 0.15) is 63.5 Å². The van der Waals surface area contributed by atoms with Crippen LogP contribution in [0.25, 0.3) is 0 Å². The number of aliphatic hydroxyl groups excluding tert-OH is 1. The smallest absolute Gasteiger partial charge is 0.220 e. The number of carbonyl (C=O) groups excluding carboxylic acids is 1. The molecule has 0 spiro atoms. The van der Waals surface area contributed by atoms with Crippen molar-refractivity contribution in [3.63, 3.8) is 0 Å². The number of nitrogens with zero attached hydrogens (tertiary/aromatic N) is 1. The normalized spacial score (nSPS) is 14.8. The molecule has 2 atom stereocenters. The van der Waals surface area contributed by atoms with Gasteiger partial charge in [-0.2, -0.15) is 0 Å². The summed E-state index contributed by atoms with van der Waals surface area (Å²) >= 11 is 0. The zero-order valence-electron chi connectivity index (χ0n) is 14.0. The average Bonchev–Trinajstić information content (AvgIpc) is 2.66. The van der Waals surface area contributed by atoms with E-state index in [1.165, 1.54) is 0 Å². The summed E-state index contributed by atoms with van der Waals surface area (Å²) in [5.41, 5.74) is 1.90. The fourth-order valence-corrected chi connectivity index (χ4v) is 2.76. The van der Waals surface area contributed by atoms with Crippen molar-refractivity contribution in [2.45, 2.75) is 66.3 Å². The molecule has 0 aromatic carbocycles. The molecule has 0 saturated heterocycles. The predicted molar refractivity (Wildman–Crippen MR) is 82.1 cm³/mol. The van der Waals surface area contributed by atoms with Crippen molar-refractivity contribution in [1.82, 2.24) is 10.5 Å². The molecule has 1 aromatic heterocycles. The first kappa shape index (κ1) is 17.7. The van der Waals surface area contributed by atoms with Gasteiger partial charge in [0.25, 0.3) is 0 Å². The molecule has 2 unspecified atom stereocenters. The number of hydrogen-bond acceptors (Lipinski definition) is 4. The molecule has 0 aliphatic carbocycles. The molecule has 120 valence electrons. The Bertz CT molecular complexity index is 455. The minimum absolute atomic E-state index is 0.0390. The van der Waals surface area contributed by atoms with E-state index < -0.39 is 0 Å². The molecular weight excluding hydrogens is 268 g/mol. The molecule has 0 saturated carbocycles. The molecule has 0 fully saturated rings. The number of aromatic nitrogens is 1. The maximum atomic E-state index is 12.2. The lowest BCUT2D eigenvalue weighted by Gasteiger charge is -2.25. The van der Waals surface area contributed by atoms with Gasteiger partial charge in [0.1, 0.15) is 5.76 Å². The highest BCUT2D eigenvalue weighted by Gasteiger charge is 2.23. The summed E-state index contributed by atoms with van der Waals surface area (Å²) in [5.74, 6) is 0.761. The summed E-state index contributed by atoms with van der Waals surface area (Å²) in [5, 5.41) is 16.2. The largest absolute Gasteiger partial charge is 0.394 e. The third kappa shape index (κ3) is 5.50. The van der Waals surface area contributed by atoms with Gasteiger partial charge in [0, 0.05) is 12.0 Å². The van der Waals surface area contributed by atoms with E-state index in [0.717, 1.165) is 23.4 Å². The quantitative estimate of drug-likeness (QED) is 0.846. The van der Waals surface area contributed by atoms with Crippen LogP contribution in [0.15, 0.2) is 4.52 Å².